The third kappa shape index (κ3) is 1.87. The van der Waals surface area contributed by atoms with Crippen molar-refractivity contribution in [3.8, 4) is 0 Å². The molecule has 0 saturated heterocycles. The molecule has 0 aromatic carbocycles. The molecule has 1 aromatic rings. The lowest BCUT2D eigenvalue weighted by molar-refractivity contribution is 0.567. The predicted octanol–water partition coefficient (Wildman–Crippen LogP) is 2.83. The van der Waals surface area contributed by atoms with Crippen molar-refractivity contribution in [1.82, 2.24) is 10.2 Å². The van der Waals surface area contributed by atoms with Crippen LogP contribution < -0.4 is 0 Å². The van der Waals surface area contributed by atoms with Crippen LogP contribution in [0, 0.1) is 0 Å². The Kier molecular flexibility index (Phi) is 2.27. The van der Waals surface area contributed by atoms with E-state index in [1.165, 1.54) is 5.69 Å². The highest BCUT2D eigenvalue weighted by atomic mass is 15.1. The molecule has 0 aliphatic carbocycles. The molecule has 1 heterocycles. The Hall–Kier alpha value is -0.790. The zero-order valence-electron chi connectivity index (χ0n) is 8.60. The fourth-order valence-corrected chi connectivity index (χ4v) is 1.02. The summed E-state index contributed by atoms with van der Waals surface area (Å²) in [7, 11) is 0. The minimum atomic E-state index is 0.156. The van der Waals surface area contributed by atoms with Gasteiger partial charge in [-0.25, -0.2) is 0 Å². The van der Waals surface area contributed by atoms with E-state index in [1.54, 1.807) is 0 Å². The molecule has 1 N–H and O–H groups in total. The molecule has 1 aromatic heterocycles. The van der Waals surface area contributed by atoms with Gasteiger partial charge in [-0.2, -0.15) is 5.10 Å². The topological polar surface area (TPSA) is 28.7 Å². The summed E-state index contributed by atoms with van der Waals surface area (Å²) in [6, 6.07) is 2.16. The van der Waals surface area contributed by atoms with E-state index in [-0.39, 0.29) is 5.41 Å². The Labute approximate surface area is 74.4 Å². The van der Waals surface area contributed by atoms with Gasteiger partial charge in [0.05, 0.1) is 5.69 Å². The quantitative estimate of drug-likeness (QED) is 0.682. The fourth-order valence-electron chi connectivity index (χ4n) is 1.02. The Morgan fingerprint density at radius 3 is 2.17 bits per heavy atom. The van der Waals surface area contributed by atoms with E-state index in [1.807, 2.05) is 0 Å². The third-order valence-electron chi connectivity index (χ3n) is 1.99. The van der Waals surface area contributed by atoms with Gasteiger partial charge in [-0.3, -0.25) is 5.10 Å². The van der Waals surface area contributed by atoms with Crippen LogP contribution in [0.15, 0.2) is 6.07 Å². The van der Waals surface area contributed by atoms with E-state index in [4.69, 9.17) is 0 Å². The maximum absolute atomic E-state index is 4.28. The van der Waals surface area contributed by atoms with Crippen LogP contribution in [-0.4, -0.2) is 10.2 Å². The molecule has 0 fully saturated rings. The number of aromatic nitrogens is 2. The lowest BCUT2D eigenvalue weighted by atomic mass is 9.92. The predicted molar refractivity (Wildman–Crippen MR) is 51.4 cm³/mol. The summed E-state index contributed by atoms with van der Waals surface area (Å²) in [5.74, 6) is 0.536. The van der Waals surface area contributed by atoms with Crippen molar-refractivity contribution >= 4 is 0 Å². The molecule has 0 aliphatic heterocycles. The van der Waals surface area contributed by atoms with Crippen LogP contribution in [0.25, 0.3) is 0 Å². The highest BCUT2D eigenvalue weighted by Gasteiger charge is 2.17. The lowest BCUT2D eigenvalue weighted by Gasteiger charge is -2.13. The fraction of sp³-hybridized carbons (Fsp3) is 0.700. The smallest absolute Gasteiger partial charge is 0.0678 e. The number of nitrogens with one attached hydrogen (secondary N) is 1. The minimum absolute atomic E-state index is 0.156. The normalized spacial score (nSPS) is 12.5. The lowest BCUT2D eigenvalue weighted by Crippen LogP contribution is -2.11. The Bertz CT molecular complexity index is 253. The highest BCUT2D eigenvalue weighted by Crippen LogP contribution is 2.22. The van der Waals surface area contributed by atoms with E-state index in [0.29, 0.717) is 5.92 Å². The number of hydrogen-bond acceptors (Lipinski definition) is 1. The van der Waals surface area contributed by atoms with Crippen LogP contribution in [0.1, 0.15) is 51.9 Å². The number of aromatic amines is 1. The van der Waals surface area contributed by atoms with Gasteiger partial charge in [-0.15, -0.1) is 0 Å². The van der Waals surface area contributed by atoms with E-state index < -0.39 is 0 Å². The first-order chi connectivity index (χ1) is 5.41. The Morgan fingerprint density at radius 1 is 1.33 bits per heavy atom. The van der Waals surface area contributed by atoms with Gasteiger partial charge in [0.2, 0.25) is 0 Å². The molecular formula is C10H18N2. The molecule has 0 radical (unpaired) electrons. The second-order valence-electron chi connectivity index (χ2n) is 4.61. The molecule has 2 heteroatoms. The zero-order valence-corrected chi connectivity index (χ0v) is 8.60. The largest absolute Gasteiger partial charge is 0.282 e. The van der Waals surface area contributed by atoms with Gasteiger partial charge >= 0.3 is 0 Å². The molecular weight excluding hydrogens is 148 g/mol. The van der Waals surface area contributed by atoms with E-state index in [2.05, 4.69) is 50.9 Å². The average Bonchev–Trinajstić information content (AvgIpc) is 2.30. The summed E-state index contributed by atoms with van der Waals surface area (Å²) in [6.45, 7) is 10.9. The van der Waals surface area contributed by atoms with Gasteiger partial charge in [0.1, 0.15) is 0 Å². The van der Waals surface area contributed by atoms with Crippen molar-refractivity contribution in [2.45, 2.75) is 46.0 Å². The van der Waals surface area contributed by atoms with Gasteiger partial charge < -0.3 is 0 Å². The summed E-state index contributed by atoms with van der Waals surface area (Å²) in [5, 5.41) is 7.35. The molecule has 0 atom stereocenters. The van der Waals surface area contributed by atoms with Crippen molar-refractivity contribution in [3.05, 3.63) is 17.5 Å². The summed E-state index contributed by atoms with van der Waals surface area (Å²) >= 11 is 0. The van der Waals surface area contributed by atoms with Crippen molar-refractivity contribution in [1.29, 1.82) is 0 Å². The minimum Gasteiger partial charge on any atom is -0.282 e. The molecule has 0 unspecified atom stereocenters. The van der Waals surface area contributed by atoms with Crippen LogP contribution in [-0.2, 0) is 5.41 Å². The molecule has 0 aliphatic rings. The molecule has 68 valence electrons. The molecule has 0 amide bonds. The molecule has 2 nitrogen and oxygen atoms in total. The Morgan fingerprint density at radius 2 is 1.92 bits per heavy atom. The van der Waals surface area contributed by atoms with Gasteiger partial charge in [-0.05, 0) is 12.0 Å². The van der Waals surface area contributed by atoms with Crippen molar-refractivity contribution in [2.24, 2.45) is 0 Å². The number of nitrogens with zero attached hydrogens (tertiary/aromatic N) is 1. The zero-order chi connectivity index (χ0) is 9.35. The second-order valence-corrected chi connectivity index (χ2v) is 4.61. The average molecular weight is 166 g/mol. The second kappa shape index (κ2) is 2.92. The van der Waals surface area contributed by atoms with Gasteiger partial charge in [-0.1, -0.05) is 34.6 Å². The van der Waals surface area contributed by atoms with Gasteiger partial charge in [0, 0.05) is 11.1 Å². The highest BCUT2D eigenvalue weighted by molar-refractivity contribution is 5.18. The van der Waals surface area contributed by atoms with Crippen LogP contribution in [0.5, 0.6) is 0 Å². The summed E-state index contributed by atoms with van der Waals surface area (Å²) < 4.78 is 0. The van der Waals surface area contributed by atoms with Crippen LogP contribution in [0.4, 0.5) is 0 Å². The van der Waals surface area contributed by atoms with Gasteiger partial charge in [0.15, 0.2) is 0 Å². The standard InChI is InChI=1S/C10H18N2/c1-7(2)8-6-9(12-11-8)10(3,4)5/h6-7H,1-5H3,(H,11,12). The number of rotatable bonds is 1. The summed E-state index contributed by atoms with van der Waals surface area (Å²) in [6.07, 6.45) is 0. The van der Waals surface area contributed by atoms with E-state index in [9.17, 15) is 0 Å². The molecule has 0 bridgehead atoms. The first-order valence-corrected chi connectivity index (χ1v) is 4.47. The van der Waals surface area contributed by atoms with Crippen molar-refractivity contribution in [3.63, 3.8) is 0 Å². The van der Waals surface area contributed by atoms with Crippen LogP contribution in [0.2, 0.25) is 0 Å². The maximum Gasteiger partial charge on any atom is 0.0678 e. The van der Waals surface area contributed by atoms with Crippen LogP contribution in [0.3, 0.4) is 0 Å². The molecule has 0 spiro atoms. The molecule has 1 rings (SSSR count). The van der Waals surface area contributed by atoms with E-state index in [0.717, 1.165) is 5.69 Å². The van der Waals surface area contributed by atoms with E-state index >= 15 is 0 Å². The number of H-pyrrole nitrogens is 1. The first-order valence-electron chi connectivity index (χ1n) is 4.47. The first kappa shape index (κ1) is 9.30. The number of hydrogen-bond donors (Lipinski definition) is 1. The van der Waals surface area contributed by atoms with Crippen LogP contribution >= 0.6 is 0 Å². The third-order valence-corrected chi connectivity index (χ3v) is 1.99. The molecule has 12 heavy (non-hydrogen) atoms. The van der Waals surface area contributed by atoms with Crippen molar-refractivity contribution in [2.75, 3.05) is 0 Å². The summed E-state index contributed by atoms with van der Waals surface area (Å²) in [4.78, 5) is 0. The Balaban J connectivity index is 2.92. The monoisotopic (exact) mass is 166 g/mol. The summed E-state index contributed by atoms with van der Waals surface area (Å²) in [5.41, 5.74) is 2.52. The van der Waals surface area contributed by atoms with Gasteiger partial charge in [0.25, 0.3) is 0 Å². The van der Waals surface area contributed by atoms with Crippen molar-refractivity contribution < 1.29 is 0 Å². The SMILES string of the molecule is CC(C)c1cc(C(C)(C)C)n[nH]1. The molecule has 0 saturated carbocycles. The maximum atomic E-state index is 4.28.